The summed E-state index contributed by atoms with van der Waals surface area (Å²) in [6.45, 7) is 3.39. The molecule has 0 bridgehead atoms. The molecule has 25 heavy (non-hydrogen) atoms. The third-order valence-electron chi connectivity index (χ3n) is 3.70. The molecule has 1 aromatic carbocycles. The summed E-state index contributed by atoms with van der Waals surface area (Å²) in [6, 6.07) is 6.83. The van der Waals surface area contributed by atoms with E-state index in [9.17, 15) is 22.8 Å². The highest BCUT2D eigenvalue weighted by Crippen LogP contribution is 2.33. The summed E-state index contributed by atoms with van der Waals surface area (Å²) in [5.41, 5.74) is 0.504. The van der Waals surface area contributed by atoms with Gasteiger partial charge in [-0.1, -0.05) is 18.2 Å². The fraction of sp³-hybridized carbons (Fsp3) is 0.412. The monoisotopic (exact) mass is 356 g/mol. The van der Waals surface area contributed by atoms with Gasteiger partial charge in [0.15, 0.2) is 6.10 Å². The normalized spacial score (nSPS) is 16.9. The highest BCUT2D eigenvalue weighted by Gasteiger charge is 2.34. The van der Waals surface area contributed by atoms with Crippen LogP contribution in [-0.4, -0.2) is 48.6 Å². The number of amides is 2. The number of rotatable bonds is 6. The van der Waals surface area contributed by atoms with Crippen molar-refractivity contribution in [1.29, 1.82) is 0 Å². The van der Waals surface area contributed by atoms with Crippen LogP contribution in [0.2, 0.25) is 0 Å². The third kappa shape index (κ3) is 4.74. The Labute approximate surface area is 143 Å². The van der Waals surface area contributed by atoms with Crippen LogP contribution in [0.3, 0.4) is 0 Å². The van der Waals surface area contributed by atoms with Crippen molar-refractivity contribution < 1.29 is 27.5 Å². The number of carbonyl (C=O) groups excluding carboxylic acids is 2. The Bertz CT molecular complexity index is 661. The fourth-order valence-electron chi connectivity index (χ4n) is 2.58. The Kier molecular flexibility index (Phi) is 5.71. The Morgan fingerprint density at radius 2 is 2.08 bits per heavy atom. The molecule has 0 N–H and O–H groups in total. The number of nitrogens with zero attached hydrogens (tertiary/aromatic N) is 2. The molecule has 1 unspecified atom stereocenters. The van der Waals surface area contributed by atoms with Crippen molar-refractivity contribution in [1.82, 2.24) is 4.90 Å². The van der Waals surface area contributed by atoms with E-state index in [1.54, 1.807) is 31.2 Å². The first-order chi connectivity index (χ1) is 11.7. The minimum absolute atomic E-state index is 0.0200. The van der Waals surface area contributed by atoms with E-state index in [2.05, 4.69) is 6.58 Å². The van der Waals surface area contributed by atoms with Crippen molar-refractivity contribution in [3.63, 3.8) is 0 Å². The Morgan fingerprint density at radius 1 is 1.40 bits per heavy atom. The molecule has 0 saturated heterocycles. The summed E-state index contributed by atoms with van der Waals surface area (Å²) in [5.74, 6) is -0.528. The second-order valence-corrected chi connectivity index (χ2v) is 5.65. The van der Waals surface area contributed by atoms with Gasteiger partial charge in [0, 0.05) is 19.5 Å². The average Bonchev–Trinajstić information content (AvgIpc) is 2.53. The zero-order valence-corrected chi connectivity index (χ0v) is 13.8. The van der Waals surface area contributed by atoms with Gasteiger partial charge in [0.2, 0.25) is 5.91 Å². The van der Waals surface area contributed by atoms with Gasteiger partial charge >= 0.3 is 6.18 Å². The topological polar surface area (TPSA) is 49.9 Å². The third-order valence-corrected chi connectivity index (χ3v) is 3.70. The minimum atomic E-state index is -4.49. The molecule has 8 heteroatoms. The average molecular weight is 356 g/mol. The number of alkyl halides is 3. The number of fused-ring (bicyclic) bond motifs is 1. The van der Waals surface area contributed by atoms with Gasteiger partial charge < -0.3 is 14.5 Å². The lowest BCUT2D eigenvalue weighted by molar-refractivity contribution is -0.160. The van der Waals surface area contributed by atoms with E-state index in [0.29, 0.717) is 16.3 Å². The zero-order chi connectivity index (χ0) is 18.6. The first kappa shape index (κ1) is 18.8. The highest BCUT2D eigenvalue weighted by atomic mass is 19.4. The van der Waals surface area contributed by atoms with Crippen LogP contribution in [0.15, 0.2) is 36.9 Å². The van der Waals surface area contributed by atoms with Gasteiger partial charge in [-0.05, 0) is 19.1 Å². The van der Waals surface area contributed by atoms with Crippen LogP contribution in [0, 0.1) is 0 Å². The van der Waals surface area contributed by atoms with Crippen molar-refractivity contribution in [3.8, 4) is 5.75 Å². The van der Waals surface area contributed by atoms with Gasteiger partial charge in [0.1, 0.15) is 12.3 Å². The molecule has 0 aromatic heterocycles. The zero-order valence-electron chi connectivity index (χ0n) is 13.8. The van der Waals surface area contributed by atoms with Gasteiger partial charge in [-0.25, -0.2) is 0 Å². The lowest BCUT2D eigenvalue weighted by atomic mass is 10.1. The van der Waals surface area contributed by atoms with Crippen LogP contribution in [0.4, 0.5) is 18.9 Å². The fourth-order valence-corrected chi connectivity index (χ4v) is 2.58. The molecule has 1 heterocycles. The molecular formula is C17H19F3N2O3. The maximum absolute atomic E-state index is 12.6. The van der Waals surface area contributed by atoms with Crippen molar-refractivity contribution >= 4 is 17.5 Å². The molecule has 0 aliphatic carbocycles. The molecule has 1 aliphatic rings. The summed E-state index contributed by atoms with van der Waals surface area (Å²) in [4.78, 5) is 26.5. The Hall–Kier alpha value is -2.51. The Morgan fingerprint density at radius 3 is 2.72 bits per heavy atom. The number of halogens is 3. The SMILES string of the molecule is C=CCN(CC(F)(F)F)C(=O)CCN1C(=O)C(C)Oc2ccccc21. The van der Waals surface area contributed by atoms with Gasteiger partial charge in [-0.3, -0.25) is 9.59 Å². The van der Waals surface area contributed by atoms with E-state index in [1.807, 2.05) is 0 Å². The molecule has 0 radical (unpaired) electrons. The van der Waals surface area contributed by atoms with Crippen LogP contribution in [0.25, 0.3) is 0 Å². The lowest BCUT2D eigenvalue weighted by Crippen LogP contribution is -2.46. The molecule has 0 saturated carbocycles. The maximum atomic E-state index is 12.6. The Balaban J connectivity index is 2.09. The largest absolute Gasteiger partial charge is 0.479 e. The van der Waals surface area contributed by atoms with E-state index < -0.39 is 24.7 Å². The van der Waals surface area contributed by atoms with Gasteiger partial charge in [-0.2, -0.15) is 13.2 Å². The number of para-hydroxylation sites is 2. The van der Waals surface area contributed by atoms with Crippen LogP contribution >= 0.6 is 0 Å². The molecule has 1 atom stereocenters. The number of ether oxygens (including phenoxy) is 1. The number of benzene rings is 1. The molecule has 0 fully saturated rings. The first-order valence-corrected chi connectivity index (χ1v) is 7.75. The number of anilines is 1. The lowest BCUT2D eigenvalue weighted by Gasteiger charge is -2.33. The first-order valence-electron chi connectivity index (χ1n) is 7.75. The van der Waals surface area contributed by atoms with E-state index in [-0.39, 0.29) is 25.4 Å². The summed E-state index contributed by atoms with van der Waals surface area (Å²) in [5, 5.41) is 0. The summed E-state index contributed by atoms with van der Waals surface area (Å²) < 4.78 is 43.2. The predicted molar refractivity (Wildman–Crippen MR) is 86.3 cm³/mol. The summed E-state index contributed by atoms with van der Waals surface area (Å²) >= 11 is 0. The molecule has 2 amide bonds. The standard InChI is InChI=1S/C17H19F3N2O3/c1-3-9-21(11-17(18,19)20)15(23)8-10-22-13-6-4-5-7-14(13)25-12(2)16(22)24/h3-7,12H,1,8-11H2,2H3. The van der Waals surface area contributed by atoms with Crippen LogP contribution in [0.5, 0.6) is 5.75 Å². The second-order valence-electron chi connectivity index (χ2n) is 5.65. The van der Waals surface area contributed by atoms with E-state index >= 15 is 0 Å². The number of hydrogen-bond donors (Lipinski definition) is 0. The maximum Gasteiger partial charge on any atom is 0.406 e. The molecule has 2 rings (SSSR count). The number of hydrogen-bond acceptors (Lipinski definition) is 3. The minimum Gasteiger partial charge on any atom is -0.479 e. The molecule has 5 nitrogen and oxygen atoms in total. The van der Waals surface area contributed by atoms with Crippen molar-refractivity contribution in [3.05, 3.63) is 36.9 Å². The molecule has 1 aromatic rings. The van der Waals surface area contributed by atoms with Gasteiger partial charge in [0.05, 0.1) is 5.69 Å². The van der Waals surface area contributed by atoms with Crippen molar-refractivity contribution in [2.45, 2.75) is 25.6 Å². The van der Waals surface area contributed by atoms with Crippen LogP contribution < -0.4 is 9.64 Å². The summed E-state index contributed by atoms with van der Waals surface area (Å²) in [6.07, 6.45) is -4.20. The van der Waals surface area contributed by atoms with Crippen molar-refractivity contribution in [2.24, 2.45) is 0 Å². The molecular weight excluding hydrogens is 337 g/mol. The van der Waals surface area contributed by atoms with E-state index in [1.165, 1.54) is 11.0 Å². The molecule has 0 spiro atoms. The highest BCUT2D eigenvalue weighted by molar-refractivity contribution is 6.00. The molecule has 1 aliphatic heterocycles. The van der Waals surface area contributed by atoms with E-state index in [4.69, 9.17) is 4.74 Å². The summed E-state index contributed by atoms with van der Waals surface area (Å²) in [7, 11) is 0. The van der Waals surface area contributed by atoms with Crippen molar-refractivity contribution in [2.75, 3.05) is 24.5 Å². The number of carbonyl (C=O) groups is 2. The predicted octanol–water partition coefficient (Wildman–Crippen LogP) is 2.77. The second kappa shape index (κ2) is 7.58. The van der Waals surface area contributed by atoms with Gasteiger partial charge in [0.25, 0.3) is 5.91 Å². The van der Waals surface area contributed by atoms with Gasteiger partial charge in [-0.15, -0.1) is 6.58 Å². The molecule has 136 valence electrons. The van der Waals surface area contributed by atoms with Crippen LogP contribution in [0.1, 0.15) is 13.3 Å². The van der Waals surface area contributed by atoms with E-state index in [0.717, 1.165) is 0 Å². The van der Waals surface area contributed by atoms with Crippen LogP contribution in [-0.2, 0) is 9.59 Å². The smallest absolute Gasteiger partial charge is 0.406 e. The quantitative estimate of drug-likeness (QED) is 0.737.